The van der Waals surface area contributed by atoms with Crippen molar-refractivity contribution in [1.29, 1.82) is 5.26 Å². The summed E-state index contributed by atoms with van der Waals surface area (Å²) in [6, 6.07) is 9.15. The van der Waals surface area contributed by atoms with Gasteiger partial charge in [0.15, 0.2) is 0 Å². The minimum Gasteiger partial charge on any atom is -0.495 e. The van der Waals surface area contributed by atoms with Gasteiger partial charge in [-0.3, -0.25) is 0 Å². The highest BCUT2D eigenvalue weighted by molar-refractivity contribution is 7.16. The SMILES string of the molecule is COc1cc(C#N)ccc1Nc1nc(N)nc2sccc12. The van der Waals surface area contributed by atoms with Gasteiger partial charge in [-0.05, 0) is 23.6 Å². The highest BCUT2D eigenvalue weighted by Gasteiger charge is 2.10. The van der Waals surface area contributed by atoms with Crippen LogP contribution in [0.4, 0.5) is 17.5 Å². The number of ether oxygens (including phenoxy) is 1. The minimum atomic E-state index is 0.208. The standard InChI is InChI=1S/C14H11N5OS/c1-20-11-6-8(7-15)2-3-10(11)17-12-9-4-5-21-13(9)19-14(16)18-12/h2-6H,1H3,(H3,16,17,18,19). The van der Waals surface area contributed by atoms with E-state index in [0.29, 0.717) is 22.8 Å². The summed E-state index contributed by atoms with van der Waals surface area (Å²) in [5.74, 6) is 1.39. The summed E-state index contributed by atoms with van der Waals surface area (Å²) in [4.78, 5) is 9.22. The van der Waals surface area contributed by atoms with Crippen molar-refractivity contribution in [2.75, 3.05) is 18.2 Å². The zero-order valence-electron chi connectivity index (χ0n) is 11.1. The van der Waals surface area contributed by atoms with Crippen LogP contribution < -0.4 is 15.8 Å². The van der Waals surface area contributed by atoms with E-state index in [9.17, 15) is 0 Å². The number of rotatable bonds is 3. The zero-order valence-corrected chi connectivity index (χ0v) is 11.9. The molecule has 6 nitrogen and oxygen atoms in total. The maximum Gasteiger partial charge on any atom is 0.223 e. The van der Waals surface area contributed by atoms with Crippen molar-refractivity contribution < 1.29 is 4.74 Å². The summed E-state index contributed by atoms with van der Waals surface area (Å²) in [7, 11) is 1.55. The Morgan fingerprint density at radius 1 is 1.33 bits per heavy atom. The lowest BCUT2D eigenvalue weighted by Gasteiger charge is -2.11. The van der Waals surface area contributed by atoms with Gasteiger partial charge in [-0.1, -0.05) is 0 Å². The highest BCUT2D eigenvalue weighted by atomic mass is 32.1. The molecule has 2 aromatic heterocycles. The van der Waals surface area contributed by atoms with Gasteiger partial charge in [0.1, 0.15) is 16.4 Å². The summed E-state index contributed by atoms with van der Waals surface area (Å²) < 4.78 is 5.30. The number of anilines is 3. The number of fused-ring (bicyclic) bond motifs is 1. The topological polar surface area (TPSA) is 96.8 Å². The predicted molar refractivity (Wildman–Crippen MR) is 82.8 cm³/mol. The predicted octanol–water partition coefficient (Wildman–Crippen LogP) is 2.90. The Morgan fingerprint density at radius 3 is 2.95 bits per heavy atom. The van der Waals surface area contributed by atoms with Crippen LogP contribution >= 0.6 is 11.3 Å². The molecular weight excluding hydrogens is 286 g/mol. The molecule has 3 N–H and O–H groups in total. The van der Waals surface area contributed by atoms with Crippen molar-refractivity contribution >= 4 is 39.0 Å². The van der Waals surface area contributed by atoms with Crippen LogP contribution in [-0.4, -0.2) is 17.1 Å². The third-order valence-corrected chi connectivity index (χ3v) is 3.73. The first-order valence-electron chi connectivity index (χ1n) is 6.07. The third kappa shape index (κ3) is 2.44. The normalized spacial score (nSPS) is 10.3. The van der Waals surface area contributed by atoms with Gasteiger partial charge in [0, 0.05) is 6.07 Å². The molecule has 0 saturated heterocycles. The van der Waals surface area contributed by atoms with Gasteiger partial charge in [0.25, 0.3) is 0 Å². The quantitative estimate of drug-likeness (QED) is 0.771. The molecular formula is C14H11N5OS. The fraction of sp³-hybridized carbons (Fsp3) is 0.0714. The van der Waals surface area contributed by atoms with Crippen LogP contribution in [0, 0.1) is 11.3 Å². The maximum atomic E-state index is 8.93. The van der Waals surface area contributed by atoms with Crippen LogP contribution in [0.3, 0.4) is 0 Å². The number of aromatic nitrogens is 2. The van der Waals surface area contributed by atoms with Crippen molar-refractivity contribution in [3.8, 4) is 11.8 Å². The Morgan fingerprint density at radius 2 is 2.19 bits per heavy atom. The van der Waals surface area contributed by atoms with Crippen LogP contribution in [0.25, 0.3) is 10.2 Å². The van der Waals surface area contributed by atoms with E-state index in [2.05, 4.69) is 21.4 Å². The van der Waals surface area contributed by atoms with Gasteiger partial charge in [0.05, 0.1) is 29.8 Å². The molecule has 0 unspecified atom stereocenters. The summed E-state index contributed by atoms with van der Waals surface area (Å²) in [5, 5.41) is 14.9. The smallest absolute Gasteiger partial charge is 0.223 e. The fourth-order valence-corrected chi connectivity index (χ4v) is 2.73. The molecule has 0 fully saturated rings. The molecule has 2 heterocycles. The van der Waals surface area contributed by atoms with Crippen LogP contribution in [0.1, 0.15) is 5.56 Å². The van der Waals surface area contributed by atoms with Crippen LogP contribution in [0.2, 0.25) is 0 Å². The lowest BCUT2D eigenvalue weighted by atomic mass is 10.2. The fourth-order valence-electron chi connectivity index (χ4n) is 1.96. The molecule has 0 aliphatic heterocycles. The molecule has 0 bridgehead atoms. The number of benzene rings is 1. The van der Waals surface area contributed by atoms with E-state index in [1.807, 2.05) is 11.4 Å². The van der Waals surface area contributed by atoms with Gasteiger partial charge in [0.2, 0.25) is 5.95 Å². The number of nitriles is 1. The van der Waals surface area contributed by atoms with Crippen LogP contribution in [0.5, 0.6) is 5.75 Å². The van der Waals surface area contributed by atoms with E-state index < -0.39 is 0 Å². The first kappa shape index (κ1) is 13.1. The maximum absolute atomic E-state index is 8.93. The molecule has 3 aromatic rings. The number of hydrogen-bond donors (Lipinski definition) is 2. The Labute approximate surface area is 124 Å². The molecule has 104 valence electrons. The van der Waals surface area contributed by atoms with Crippen molar-refractivity contribution in [2.45, 2.75) is 0 Å². The van der Waals surface area contributed by atoms with Gasteiger partial charge in [-0.2, -0.15) is 10.2 Å². The Balaban J connectivity index is 2.06. The lowest BCUT2D eigenvalue weighted by Crippen LogP contribution is -2.01. The summed E-state index contributed by atoms with van der Waals surface area (Å²) >= 11 is 1.50. The van der Waals surface area contributed by atoms with Crippen molar-refractivity contribution in [3.05, 3.63) is 35.2 Å². The van der Waals surface area contributed by atoms with Gasteiger partial charge in [-0.15, -0.1) is 11.3 Å². The second kappa shape index (κ2) is 5.26. The largest absolute Gasteiger partial charge is 0.495 e. The van der Waals surface area contributed by atoms with E-state index in [-0.39, 0.29) is 5.95 Å². The van der Waals surface area contributed by atoms with Gasteiger partial charge < -0.3 is 15.8 Å². The average molecular weight is 297 g/mol. The lowest BCUT2D eigenvalue weighted by molar-refractivity contribution is 0.416. The first-order chi connectivity index (χ1) is 10.2. The monoisotopic (exact) mass is 297 g/mol. The molecule has 0 aliphatic rings. The van der Waals surface area contributed by atoms with Crippen LogP contribution in [0.15, 0.2) is 29.6 Å². The van der Waals surface area contributed by atoms with E-state index in [1.54, 1.807) is 25.3 Å². The molecule has 21 heavy (non-hydrogen) atoms. The molecule has 0 spiro atoms. The second-order valence-electron chi connectivity index (χ2n) is 4.22. The summed E-state index contributed by atoms with van der Waals surface area (Å²) in [5.41, 5.74) is 6.96. The minimum absolute atomic E-state index is 0.208. The molecule has 0 amide bonds. The Hall–Kier alpha value is -2.85. The molecule has 0 atom stereocenters. The number of nitrogens with zero attached hydrogens (tertiary/aromatic N) is 3. The van der Waals surface area contributed by atoms with Crippen LogP contribution in [-0.2, 0) is 0 Å². The average Bonchev–Trinajstić information content (AvgIpc) is 2.96. The van der Waals surface area contributed by atoms with Gasteiger partial charge >= 0.3 is 0 Å². The zero-order chi connectivity index (χ0) is 14.8. The third-order valence-electron chi connectivity index (χ3n) is 2.93. The highest BCUT2D eigenvalue weighted by Crippen LogP contribution is 2.32. The van der Waals surface area contributed by atoms with E-state index >= 15 is 0 Å². The molecule has 0 saturated carbocycles. The number of thiophene rings is 1. The van der Waals surface area contributed by atoms with E-state index in [1.165, 1.54) is 11.3 Å². The summed E-state index contributed by atoms with van der Waals surface area (Å²) in [6.07, 6.45) is 0. The number of nitrogen functional groups attached to an aromatic ring is 1. The van der Waals surface area contributed by atoms with Gasteiger partial charge in [-0.25, -0.2) is 4.98 Å². The molecule has 1 aromatic carbocycles. The summed E-state index contributed by atoms with van der Waals surface area (Å²) in [6.45, 7) is 0. The number of nitrogens with one attached hydrogen (secondary N) is 1. The second-order valence-corrected chi connectivity index (χ2v) is 5.12. The Kier molecular flexibility index (Phi) is 3.30. The molecule has 7 heteroatoms. The molecule has 3 rings (SSSR count). The number of nitrogens with two attached hydrogens (primary N) is 1. The Bertz CT molecular complexity index is 852. The molecule has 0 aliphatic carbocycles. The van der Waals surface area contributed by atoms with E-state index in [4.69, 9.17) is 15.7 Å². The van der Waals surface area contributed by atoms with E-state index in [0.717, 1.165) is 10.2 Å². The van der Waals surface area contributed by atoms with Crippen molar-refractivity contribution in [3.63, 3.8) is 0 Å². The number of hydrogen-bond acceptors (Lipinski definition) is 7. The van der Waals surface area contributed by atoms with Crippen molar-refractivity contribution in [2.24, 2.45) is 0 Å². The number of methoxy groups -OCH3 is 1. The molecule has 0 radical (unpaired) electrons. The van der Waals surface area contributed by atoms with Crippen molar-refractivity contribution in [1.82, 2.24) is 9.97 Å². The first-order valence-corrected chi connectivity index (χ1v) is 6.95.